The van der Waals surface area contributed by atoms with Gasteiger partial charge >= 0.3 is 0 Å². The number of aryl methyl sites for hydroxylation is 1. The monoisotopic (exact) mass is 416 g/mol. The smallest absolute Gasteiger partial charge is 0.237 e. The zero-order valence-corrected chi connectivity index (χ0v) is 17.6. The largest absolute Gasteiger partial charge is 0.495 e. The number of nitrogens with zero attached hydrogens (tertiary/aromatic N) is 3. The van der Waals surface area contributed by atoms with E-state index in [0.29, 0.717) is 21.6 Å². The van der Waals surface area contributed by atoms with E-state index in [1.807, 2.05) is 49.7 Å². The van der Waals surface area contributed by atoms with Gasteiger partial charge in [0.05, 0.1) is 18.0 Å². The Bertz CT molecular complexity index is 1010. The first-order chi connectivity index (χ1) is 13.4. The van der Waals surface area contributed by atoms with Crippen molar-refractivity contribution in [2.75, 3.05) is 12.4 Å². The summed E-state index contributed by atoms with van der Waals surface area (Å²) in [7, 11) is 3.44. The molecule has 0 aliphatic carbocycles. The summed E-state index contributed by atoms with van der Waals surface area (Å²) in [6.45, 7) is 3.85. The fourth-order valence-electron chi connectivity index (χ4n) is 2.70. The number of anilines is 1. The molecule has 1 aromatic heterocycles. The van der Waals surface area contributed by atoms with Gasteiger partial charge in [0.2, 0.25) is 5.91 Å². The molecule has 0 radical (unpaired) electrons. The molecule has 0 aliphatic heterocycles. The minimum atomic E-state index is -0.392. The van der Waals surface area contributed by atoms with Crippen molar-refractivity contribution in [1.82, 2.24) is 14.8 Å². The number of rotatable bonds is 6. The van der Waals surface area contributed by atoms with Gasteiger partial charge in [0.15, 0.2) is 11.0 Å². The van der Waals surface area contributed by atoms with Crippen LogP contribution in [0.2, 0.25) is 5.02 Å². The fourth-order valence-corrected chi connectivity index (χ4v) is 3.69. The van der Waals surface area contributed by atoms with Crippen molar-refractivity contribution in [3.05, 3.63) is 53.1 Å². The van der Waals surface area contributed by atoms with Gasteiger partial charge in [-0.2, -0.15) is 0 Å². The highest BCUT2D eigenvalue weighted by Gasteiger charge is 2.21. The van der Waals surface area contributed by atoms with E-state index in [9.17, 15) is 4.79 Å². The number of hydrogen-bond acceptors (Lipinski definition) is 5. The number of amides is 1. The van der Waals surface area contributed by atoms with Crippen LogP contribution in [0.5, 0.6) is 5.75 Å². The van der Waals surface area contributed by atoms with E-state index < -0.39 is 5.25 Å². The molecule has 0 saturated carbocycles. The standard InChI is InChI=1S/C20H21ClN4O2S/c1-12-7-5-6-8-15(12)18-23-24-20(25(18)3)28-13(2)19(26)22-16-11-14(21)9-10-17(16)27-4/h5-11,13H,1-4H3,(H,22,26)/t13-/m1/s1. The highest BCUT2D eigenvalue weighted by atomic mass is 35.5. The third-order valence-corrected chi connectivity index (χ3v) is 5.66. The van der Waals surface area contributed by atoms with Gasteiger partial charge in [-0.15, -0.1) is 10.2 Å². The lowest BCUT2D eigenvalue weighted by Gasteiger charge is -2.14. The number of ether oxygens (including phenoxy) is 1. The Kier molecular flexibility index (Phi) is 6.26. The van der Waals surface area contributed by atoms with Crippen molar-refractivity contribution < 1.29 is 9.53 Å². The number of carbonyl (C=O) groups is 1. The van der Waals surface area contributed by atoms with Crippen molar-refractivity contribution in [3.63, 3.8) is 0 Å². The molecule has 0 bridgehead atoms. The first-order valence-electron chi connectivity index (χ1n) is 8.67. The number of thioether (sulfide) groups is 1. The van der Waals surface area contributed by atoms with Crippen molar-refractivity contribution in [3.8, 4) is 17.1 Å². The minimum Gasteiger partial charge on any atom is -0.495 e. The van der Waals surface area contributed by atoms with Crippen molar-refractivity contribution in [2.24, 2.45) is 7.05 Å². The van der Waals surface area contributed by atoms with E-state index in [-0.39, 0.29) is 5.91 Å². The van der Waals surface area contributed by atoms with Crippen LogP contribution >= 0.6 is 23.4 Å². The zero-order chi connectivity index (χ0) is 20.3. The summed E-state index contributed by atoms with van der Waals surface area (Å²) in [6.07, 6.45) is 0. The van der Waals surface area contributed by atoms with Crippen LogP contribution in [0.1, 0.15) is 12.5 Å². The summed E-state index contributed by atoms with van der Waals surface area (Å²) in [6, 6.07) is 13.1. The third kappa shape index (κ3) is 4.31. The van der Waals surface area contributed by atoms with Gasteiger partial charge in [0.1, 0.15) is 5.75 Å². The highest BCUT2D eigenvalue weighted by molar-refractivity contribution is 8.00. The quantitative estimate of drug-likeness (QED) is 0.596. The highest BCUT2D eigenvalue weighted by Crippen LogP contribution is 2.30. The maximum absolute atomic E-state index is 12.7. The van der Waals surface area contributed by atoms with E-state index in [1.165, 1.54) is 11.8 Å². The summed E-state index contributed by atoms with van der Waals surface area (Å²) in [4.78, 5) is 12.7. The van der Waals surface area contributed by atoms with Crippen LogP contribution < -0.4 is 10.1 Å². The third-order valence-electron chi connectivity index (χ3n) is 4.29. The summed E-state index contributed by atoms with van der Waals surface area (Å²) in [5.74, 6) is 1.14. The average molecular weight is 417 g/mol. The van der Waals surface area contributed by atoms with E-state index in [1.54, 1.807) is 25.3 Å². The molecule has 146 valence electrons. The summed E-state index contributed by atoms with van der Waals surface area (Å²) < 4.78 is 7.17. The van der Waals surface area contributed by atoms with Crippen LogP contribution in [0.4, 0.5) is 5.69 Å². The first-order valence-corrected chi connectivity index (χ1v) is 9.93. The molecular weight excluding hydrogens is 396 g/mol. The number of aromatic nitrogens is 3. The second-order valence-electron chi connectivity index (χ2n) is 6.27. The summed E-state index contributed by atoms with van der Waals surface area (Å²) in [5, 5.41) is 12.2. The Labute approximate surface area is 173 Å². The Morgan fingerprint density at radius 1 is 1.25 bits per heavy atom. The molecule has 0 unspecified atom stereocenters. The van der Waals surface area contributed by atoms with Gasteiger partial charge in [0, 0.05) is 17.6 Å². The molecule has 1 amide bonds. The Hall–Kier alpha value is -2.51. The Morgan fingerprint density at radius 3 is 2.71 bits per heavy atom. The van der Waals surface area contributed by atoms with Gasteiger partial charge in [-0.05, 0) is 37.6 Å². The van der Waals surface area contributed by atoms with Crippen molar-refractivity contribution in [2.45, 2.75) is 24.3 Å². The predicted octanol–water partition coefficient (Wildman–Crippen LogP) is 4.57. The lowest BCUT2D eigenvalue weighted by molar-refractivity contribution is -0.115. The molecule has 1 heterocycles. The molecular formula is C20H21ClN4O2S. The zero-order valence-electron chi connectivity index (χ0n) is 16.1. The number of halogens is 1. The van der Waals surface area contributed by atoms with Crippen LogP contribution in [0.15, 0.2) is 47.6 Å². The van der Waals surface area contributed by atoms with Crippen molar-refractivity contribution >= 4 is 35.0 Å². The predicted molar refractivity (Wildman–Crippen MR) is 113 cm³/mol. The van der Waals surface area contributed by atoms with E-state index >= 15 is 0 Å². The van der Waals surface area contributed by atoms with Gasteiger partial charge in [-0.25, -0.2) is 0 Å². The number of carbonyl (C=O) groups excluding carboxylic acids is 1. The number of hydrogen-bond donors (Lipinski definition) is 1. The lowest BCUT2D eigenvalue weighted by atomic mass is 10.1. The molecule has 0 spiro atoms. The molecule has 3 rings (SSSR count). The van der Waals surface area contributed by atoms with Crippen LogP contribution in [-0.2, 0) is 11.8 Å². The fraction of sp³-hybridized carbons (Fsp3) is 0.250. The number of nitrogens with one attached hydrogen (secondary N) is 1. The van der Waals surface area contributed by atoms with Gasteiger partial charge in [-0.1, -0.05) is 47.6 Å². The van der Waals surface area contributed by atoms with Gasteiger partial charge < -0.3 is 14.6 Å². The molecule has 1 atom stereocenters. The second kappa shape index (κ2) is 8.67. The molecule has 6 nitrogen and oxygen atoms in total. The van der Waals surface area contributed by atoms with Crippen molar-refractivity contribution in [1.29, 1.82) is 0 Å². The normalized spacial score (nSPS) is 11.9. The van der Waals surface area contributed by atoms with Crippen LogP contribution in [0.25, 0.3) is 11.4 Å². The maximum atomic E-state index is 12.7. The van der Waals surface area contributed by atoms with Crippen LogP contribution in [0.3, 0.4) is 0 Å². The number of methoxy groups -OCH3 is 1. The molecule has 8 heteroatoms. The second-order valence-corrected chi connectivity index (χ2v) is 8.02. The molecule has 28 heavy (non-hydrogen) atoms. The molecule has 2 aromatic carbocycles. The first kappa shape index (κ1) is 20.2. The van der Waals surface area contributed by atoms with E-state index in [2.05, 4.69) is 15.5 Å². The maximum Gasteiger partial charge on any atom is 0.237 e. The molecule has 1 N–H and O–H groups in total. The molecule has 0 fully saturated rings. The molecule has 3 aromatic rings. The Balaban J connectivity index is 1.75. The molecule has 0 aliphatic rings. The lowest BCUT2D eigenvalue weighted by Crippen LogP contribution is -2.23. The summed E-state index contributed by atoms with van der Waals surface area (Å²) >= 11 is 7.37. The van der Waals surface area contributed by atoms with Gasteiger partial charge in [0.25, 0.3) is 0 Å². The number of benzene rings is 2. The topological polar surface area (TPSA) is 69.0 Å². The molecule has 0 saturated heterocycles. The summed E-state index contributed by atoms with van der Waals surface area (Å²) in [5.41, 5.74) is 2.67. The van der Waals surface area contributed by atoms with E-state index in [0.717, 1.165) is 17.0 Å². The SMILES string of the molecule is COc1ccc(Cl)cc1NC(=O)[C@@H](C)Sc1nnc(-c2ccccc2C)n1C. The van der Waals surface area contributed by atoms with Crippen LogP contribution in [-0.4, -0.2) is 33.0 Å². The van der Waals surface area contributed by atoms with Gasteiger partial charge in [-0.3, -0.25) is 4.79 Å². The minimum absolute atomic E-state index is 0.175. The Morgan fingerprint density at radius 2 is 2.00 bits per heavy atom. The van der Waals surface area contributed by atoms with E-state index in [4.69, 9.17) is 16.3 Å². The average Bonchev–Trinajstić information content (AvgIpc) is 3.02. The van der Waals surface area contributed by atoms with Crippen LogP contribution in [0, 0.1) is 6.92 Å².